The second-order valence-corrected chi connectivity index (χ2v) is 11.5. The first-order chi connectivity index (χ1) is 16.8. The average Bonchev–Trinajstić information content (AvgIpc) is 2.96. The van der Waals surface area contributed by atoms with Crippen LogP contribution < -0.4 is 9.46 Å². The number of hydrogen-bond acceptors (Lipinski definition) is 3. The fourth-order valence-corrected chi connectivity index (χ4v) is 7.15. The van der Waals surface area contributed by atoms with Gasteiger partial charge in [-0.15, -0.1) is 0 Å². The standard InChI is InChI=1S/C26H24Br2ClN3O3/c27-20-11-19-4-3-18-12-21(29)13-22(28)24(18)25(26(19)32(35)15-20)17-5-8-30(9-6-17)23(33)10-16-2-1-7-31(34)14-16/h1-2,7,11-15,17,25H,3-6,8-10H2/t25-/m1/s1. The summed E-state index contributed by atoms with van der Waals surface area (Å²) in [5.41, 5.74) is 4.85. The Bertz CT molecular complexity index is 1240. The Morgan fingerprint density at radius 1 is 1.09 bits per heavy atom. The zero-order valence-electron chi connectivity index (χ0n) is 18.9. The Hall–Kier alpha value is -2.16. The van der Waals surface area contributed by atoms with Crippen molar-refractivity contribution in [3.63, 3.8) is 0 Å². The molecule has 1 aromatic carbocycles. The number of aromatic nitrogens is 2. The summed E-state index contributed by atoms with van der Waals surface area (Å²) >= 11 is 13.6. The van der Waals surface area contributed by atoms with Gasteiger partial charge in [0.2, 0.25) is 11.6 Å². The van der Waals surface area contributed by atoms with Gasteiger partial charge in [0.15, 0.2) is 18.6 Å². The Morgan fingerprint density at radius 3 is 2.57 bits per heavy atom. The zero-order chi connectivity index (χ0) is 24.7. The molecule has 0 spiro atoms. The molecule has 0 saturated carbocycles. The van der Waals surface area contributed by atoms with Crippen molar-refractivity contribution in [3.8, 4) is 0 Å². The number of nitrogens with zero attached hydrogens (tertiary/aromatic N) is 3. The monoisotopic (exact) mass is 619 g/mol. The number of amides is 1. The highest BCUT2D eigenvalue weighted by molar-refractivity contribution is 9.10. The average molecular weight is 622 g/mol. The molecule has 0 N–H and O–H groups in total. The van der Waals surface area contributed by atoms with E-state index in [-0.39, 0.29) is 24.2 Å². The molecular weight excluding hydrogens is 598 g/mol. The van der Waals surface area contributed by atoms with Crippen molar-refractivity contribution < 1.29 is 14.3 Å². The van der Waals surface area contributed by atoms with Gasteiger partial charge >= 0.3 is 0 Å². The number of pyridine rings is 2. The van der Waals surface area contributed by atoms with Gasteiger partial charge in [-0.3, -0.25) is 4.79 Å². The molecule has 3 aromatic rings. The van der Waals surface area contributed by atoms with Gasteiger partial charge in [-0.05, 0) is 82.9 Å². The van der Waals surface area contributed by atoms with E-state index in [9.17, 15) is 15.2 Å². The van der Waals surface area contributed by atoms with Crippen LogP contribution in [0.5, 0.6) is 0 Å². The van der Waals surface area contributed by atoms with E-state index in [1.165, 1.54) is 12.4 Å². The molecule has 1 amide bonds. The predicted octanol–water partition coefficient (Wildman–Crippen LogP) is 4.84. The first kappa shape index (κ1) is 24.5. The SMILES string of the molecule is O=C(Cc1ccc[n+]([O-])c1)N1CCC([C@@H]2c3c(Br)cc(Cl)cc3CCc3cc(Br)c[n+]([O-])c32)CC1. The summed E-state index contributed by atoms with van der Waals surface area (Å²) < 4.78 is 3.44. The van der Waals surface area contributed by atoms with Gasteiger partial charge in [0.1, 0.15) is 0 Å². The third-order valence-corrected chi connectivity index (χ3v) is 8.43. The van der Waals surface area contributed by atoms with Crippen LogP contribution >= 0.6 is 43.5 Å². The van der Waals surface area contributed by atoms with Crippen LogP contribution in [0.15, 0.2) is 57.9 Å². The number of benzene rings is 1. The quantitative estimate of drug-likeness (QED) is 0.310. The summed E-state index contributed by atoms with van der Waals surface area (Å²) in [6.07, 6.45) is 7.80. The number of rotatable bonds is 3. The summed E-state index contributed by atoms with van der Waals surface area (Å²) in [5, 5.41) is 25.5. The molecule has 1 saturated heterocycles. The maximum Gasteiger partial charge on any atom is 0.227 e. The normalized spacial score (nSPS) is 18.0. The van der Waals surface area contributed by atoms with Gasteiger partial charge in [0, 0.05) is 39.8 Å². The molecule has 35 heavy (non-hydrogen) atoms. The van der Waals surface area contributed by atoms with E-state index in [4.69, 9.17) is 11.6 Å². The van der Waals surface area contributed by atoms with Crippen molar-refractivity contribution in [3.05, 3.63) is 101 Å². The fourth-order valence-electron chi connectivity index (χ4n) is 5.57. The highest BCUT2D eigenvalue weighted by Crippen LogP contribution is 2.45. The van der Waals surface area contributed by atoms with E-state index < -0.39 is 0 Å². The molecule has 6 nitrogen and oxygen atoms in total. The summed E-state index contributed by atoms with van der Waals surface area (Å²) in [6, 6.07) is 9.44. The molecule has 1 aliphatic carbocycles. The van der Waals surface area contributed by atoms with Crippen molar-refractivity contribution in [2.24, 2.45) is 5.92 Å². The highest BCUT2D eigenvalue weighted by atomic mass is 79.9. The van der Waals surface area contributed by atoms with Crippen molar-refractivity contribution in [1.29, 1.82) is 0 Å². The summed E-state index contributed by atoms with van der Waals surface area (Å²) in [5.74, 6) is 0.131. The lowest BCUT2D eigenvalue weighted by Crippen LogP contribution is -2.43. The lowest BCUT2D eigenvalue weighted by molar-refractivity contribution is -0.616. The van der Waals surface area contributed by atoms with Gasteiger partial charge in [-0.1, -0.05) is 27.5 Å². The first-order valence-electron chi connectivity index (χ1n) is 11.6. The van der Waals surface area contributed by atoms with Gasteiger partial charge in [0.25, 0.3) is 0 Å². The van der Waals surface area contributed by atoms with Crippen LogP contribution in [-0.2, 0) is 24.1 Å². The van der Waals surface area contributed by atoms with Crippen LogP contribution in [0.3, 0.4) is 0 Å². The lowest BCUT2D eigenvalue weighted by atomic mass is 9.76. The van der Waals surface area contributed by atoms with Crippen LogP contribution in [0.25, 0.3) is 0 Å². The predicted molar refractivity (Wildman–Crippen MR) is 140 cm³/mol. The topological polar surface area (TPSA) is 74.2 Å². The third-order valence-electron chi connectivity index (χ3n) is 7.12. The Kier molecular flexibility index (Phi) is 7.06. The number of piperidine rings is 1. The van der Waals surface area contributed by atoms with Crippen LogP contribution in [0, 0.1) is 16.3 Å². The molecule has 182 valence electrons. The second-order valence-electron chi connectivity index (χ2n) is 9.30. The number of carbonyl (C=O) groups is 1. The van der Waals surface area contributed by atoms with Crippen LogP contribution in [0.2, 0.25) is 5.02 Å². The summed E-state index contributed by atoms with van der Waals surface area (Å²) in [6.45, 7) is 1.24. The molecular formula is C26H24Br2ClN3O3. The van der Waals surface area contributed by atoms with Gasteiger partial charge in [0.05, 0.1) is 16.8 Å². The summed E-state index contributed by atoms with van der Waals surface area (Å²) in [7, 11) is 0. The number of hydrogen-bond donors (Lipinski definition) is 0. The smallest absolute Gasteiger partial charge is 0.227 e. The van der Waals surface area contributed by atoms with E-state index >= 15 is 0 Å². The molecule has 9 heteroatoms. The molecule has 0 unspecified atom stereocenters. The maximum atomic E-state index is 13.2. The van der Waals surface area contributed by atoms with Crippen LogP contribution in [0.1, 0.15) is 46.7 Å². The van der Waals surface area contributed by atoms with Crippen LogP contribution in [0.4, 0.5) is 0 Å². The minimum atomic E-state index is -0.0921. The van der Waals surface area contributed by atoms with Crippen molar-refractivity contribution in [2.75, 3.05) is 13.1 Å². The van der Waals surface area contributed by atoms with Crippen molar-refractivity contribution in [1.82, 2.24) is 4.90 Å². The highest BCUT2D eigenvalue weighted by Gasteiger charge is 2.40. The Balaban J connectivity index is 1.43. The largest absolute Gasteiger partial charge is 0.619 e. The molecule has 1 atom stereocenters. The molecule has 2 aliphatic rings. The van der Waals surface area contributed by atoms with Gasteiger partial charge in [-0.25, -0.2) is 0 Å². The maximum absolute atomic E-state index is 13.2. The number of aryl methyl sites for hydroxylation is 2. The van der Waals surface area contributed by atoms with Crippen molar-refractivity contribution in [2.45, 2.75) is 38.0 Å². The molecule has 1 aliphatic heterocycles. The lowest BCUT2D eigenvalue weighted by Gasteiger charge is -2.36. The number of carbonyl (C=O) groups excluding carboxylic acids is 1. The van der Waals surface area contributed by atoms with E-state index in [1.54, 1.807) is 18.3 Å². The van der Waals surface area contributed by atoms with Gasteiger partial charge in [-0.2, -0.15) is 9.46 Å². The molecule has 0 bridgehead atoms. The van der Waals surface area contributed by atoms with E-state index in [2.05, 4.69) is 37.9 Å². The molecule has 5 rings (SSSR count). The number of likely N-dealkylation sites (tertiary alicyclic amines) is 1. The minimum Gasteiger partial charge on any atom is -0.619 e. The van der Waals surface area contributed by atoms with E-state index in [1.807, 2.05) is 17.0 Å². The number of halogens is 3. The van der Waals surface area contributed by atoms with Crippen molar-refractivity contribution >= 4 is 49.4 Å². The molecule has 1 fully saturated rings. The van der Waals surface area contributed by atoms with E-state index in [0.717, 1.165) is 66.5 Å². The Labute approximate surface area is 225 Å². The summed E-state index contributed by atoms with van der Waals surface area (Å²) in [4.78, 5) is 14.8. The molecule has 0 radical (unpaired) electrons. The second kappa shape index (κ2) is 10.1. The number of fused-ring (bicyclic) bond motifs is 2. The third kappa shape index (κ3) is 5.06. The fraction of sp³-hybridized carbons (Fsp3) is 0.346. The Morgan fingerprint density at radius 2 is 1.83 bits per heavy atom. The van der Waals surface area contributed by atoms with Crippen LogP contribution in [-0.4, -0.2) is 23.9 Å². The van der Waals surface area contributed by atoms with Gasteiger partial charge < -0.3 is 15.3 Å². The molecule has 2 aromatic heterocycles. The minimum absolute atomic E-state index is 0.0205. The molecule has 3 heterocycles. The van der Waals surface area contributed by atoms with E-state index in [0.29, 0.717) is 23.7 Å². The zero-order valence-corrected chi connectivity index (χ0v) is 22.9. The first-order valence-corrected chi connectivity index (χ1v) is 13.6.